The number of allylic oxidation sites excluding steroid dienone is 1. The Kier molecular flexibility index (Phi) is 9.31. The number of hydrogen-bond acceptors (Lipinski definition) is 7. The van der Waals surface area contributed by atoms with Crippen molar-refractivity contribution in [1.29, 1.82) is 0 Å². The fourth-order valence-electron chi connectivity index (χ4n) is 4.92. The van der Waals surface area contributed by atoms with Crippen molar-refractivity contribution in [1.82, 2.24) is 9.88 Å². The topological polar surface area (TPSA) is 96.0 Å². The van der Waals surface area contributed by atoms with Gasteiger partial charge < -0.3 is 25.0 Å². The van der Waals surface area contributed by atoms with Gasteiger partial charge in [0.25, 0.3) is 5.91 Å². The minimum atomic E-state index is -0.650. The Hall–Kier alpha value is -4.77. The molecule has 2 aliphatic heterocycles. The van der Waals surface area contributed by atoms with Crippen LogP contribution in [0.15, 0.2) is 83.9 Å². The van der Waals surface area contributed by atoms with Crippen LogP contribution in [0.2, 0.25) is 0 Å². The summed E-state index contributed by atoms with van der Waals surface area (Å²) in [5, 5.41) is 6.11. The van der Waals surface area contributed by atoms with Crippen LogP contribution in [-0.4, -0.2) is 55.0 Å². The molecule has 3 aromatic rings. The number of pyridine rings is 1. The summed E-state index contributed by atoms with van der Waals surface area (Å²) < 4.78 is 39.8. The monoisotopic (exact) mass is 589 g/mol. The van der Waals surface area contributed by atoms with E-state index in [4.69, 9.17) is 9.47 Å². The van der Waals surface area contributed by atoms with Gasteiger partial charge in [-0.25, -0.2) is 13.8 Å². The summed E-state index contributed by atoms with van der Waals surface area (Å²) in [7, 11) is 2.10. The minimum absolute atomic E-state index is 0.00334. The number of nitrogens with one attached hydrogen (secondary N) is 2. The van der Waals surface area contributed by atoms with Crippen LogP contribution in [-0.2, 0) is 14.3 Å². The number of aromatic nitrogens is 1. The Labute approximate surface area is 248 Å². The number of rotatable bonds is 9. The smallest absolute Gasteiger partial charge is 0.255 e. The summed E-state index contributed by atoms with van der Waals surface area (Å²) in [4.78, 5) is 32.7. The van der Waals surface area contributed by atoms with E-state index in [-0.39, 0.29) is 17.0 Å². The molecule has 0 unspecified atom stereocenters. The van der Waals surface area contributed by atoms with Crippen molar-refractivity contribution in [2.75, 3.05) is 42.3 Å². The van der Waals surface area contributed by atoms with Crippen LogP contribution >= 0.6 is 0 Å². The van der Waals surface area contributed by atoms with Gasteiger partial charge in [-0.1, -0.05) is 0 Å². The number of carbonyl (C=O) groups excluding carboxylic acids is 2. The van der Waals surface area contributed by atoms with E-state index in [0.717, 1.165) is 25.9 Å². The third kappa shape index (κ3) is 7.55. The molecule has 2 amide bonds. The first-order chi connectivity index (χ1) is 20.8. The van der Waals surface area contributed by atoms with Gasteiger partial charge in [-0.15, -0.1) is 0 Å². The van der Waals surface area contributed by atoms with Gasteiger partial charge in [0.1, 0.15) is 23.1 Å². The second kappa shape index (κ2) is 13.5. The SMILES string of the molecule is C/C(C(=O)Nc1ccc(Oc2ccnc(NC3CCN(C)CC3)c2)c(F)c1)=C1/OCC/C1=C/N(C=O)c1ccc(F)cc1. The Morgan fingerprint density at radius 2 is 1.88 bits per heavy atom. The first-order valence-corrected chi connectivity index (χ1v) is 14.0. The van der Waals surface area contributed by atoms with Crippen molar-refractivity contribution in [3.63, 3.8) is 0 Å². The van der Waals surface area contributed by atoms with Crippen LogP contribution in [0.3, 0.4) is 0 Å². The molecule has 0 spiro atoms. The maximum atomic E-state index is 15.0. The van der Waals surface area contributed by atoms with Gasteiger partial charge in [0, 0.05) is 53.9 Å². The molecular weight excluding hydrogens is 556 g/mol. The molecule has 1 aromatic heterocycles. The summed E-state index contributed by atoms with van der Waals surface area (Å²) in [6.07, 6.45) is 6.25. The summed E-state index contributed by atoms with van der Waals surface area (Å²) in [6.45, 7) is 3.94. The van der Waals surface area contributed by atoms with E-state index in [9.17, 15) is 14.0 Å². The molecule has 2 fully saturated rings. The van der Waals surface area contributed by atoms with E-state index >= 15 is 4.39 Å². The lowest BCUT2D eigenvalue weighted by atomic mass is 10.1. The zero-order valence-corrected chi connectivity index (χ0v) is 24.0. The largest absolute Gasteiger partial charge is 0.492 e. The van der Waals surface area contributed by atoms with Gasteiger partial charge in [0.15, 0.2) is 11.6 Å². The highest BCUT2D eigenvalue weighted by Crippen LogP contribution is 2.31. The Morgan fingerprint density at radius 1 is 1.12 bits per heavy atom. The van der Waals surface area contributed by atoms with Crippen molar-refractivity contribution in [2.45, 2.75) is 32.2 Å². The highest BCUT2D eigenvalue weighted by Gasteiger charge is 2.23. The van der Waals surface area contributed by atoms with Crippen LogP contribution < -0.4 is 20.3 Å². The second-order valence-electron chi connectivity index (χ2n) is 10.5. The van der Waals surface area contributed by atoms with Gasteiger partial charge in [-0.3, -0.25) is 14.5 Å². The van der Waals surface area contributed by atoms with Gasteiger partial charge in [0.2, 0.25) is 6.41 Å². The normalized spacial score (nSPS) is 17.7. The predicted octanol–water partition coefficient (Wildman–Crippen LogP) is 5.84. The van der Waals surface area contributed by atoms with Crippen LogP contribution in [0.1, 0.15) is 26.2 Å². The van der Waals surface area contributed by atoms with Gasteiger partial charge >= 0.3 is 0 Å². The first-order valence-electron chi connectivity index (χ1n) is 14.0. The summed E-state index contributed by atoms with van der Waals surface area (Å²) in [6, 6.07) is 13.3. The van der Waals surface area contributed by atoms with Crippen molar-refractivity contribution < 1.29 is 27.8 Å². The van der Waals surface area contributed by atoms with Crippen LogP contribution in [0, 0.1) is 11.6 Å². The van der Waals surface area contributed by atoms with Crippen molar-refractivity contribution in [3.05, 3.63) is 95.5 Å². The average Bonchev–Trinajstić information content (AvgIpc) is 3.47. The molecule has 3 heterocycles. The fourth-order valence-corrected chi connectivity index (χ4v) is 4.92. The average molecular weight is 590 g/mol. The van der Waals surface area contributed by atoms with E-state index in [2.05, 4.69) is 27.6 Å². The fraction of sp³-hybridized carbons (Fsp3) is 0.281. The highest BCUT2D eigenvalue weighted by molar-refractivity contribution is 6.04. The summed E-state index contributed by atoms with van der Waals surface area (Å²) in [5.41, 5.74) is 1.59. The molecular formula is C32H33F2N5O4. The molecule has 11 heteroatoms. The first kappa shape index (κ1) is 29.7. The molecule has 0 saturated carbocycles. The number of piperidine rings is 1. The van der Waals surface area contributed by atoms with Crippen molar-refractivity contribution in [3.8, 4) is 11.5 Å². The molecule has 0 radical (unpaired) electrons. The Bertz CT molecular complexity index is 1530. The maximum Gasteiger partial charge on any atom is 0.255 e. The number of benzene rings is 2. The summed E-state index contributed by atoms with van der Waals surface area (Å²) >= 11 is 0. The van der Waals surface area contributed by atoms with Gasteiger partial charge in [0.05, 0.1) is 12.2 Å². The number of halogens is 2. The molecule has 0 aliphatic carbocycles. The quantitative estimate of drug-likeness (QED) is 0.239. The predicted molar refractivity (Wildman–Crippen MR) is 160 cm³/mol. The number of hydrogen-bond donors (Lipinski definition) is 2. The molecule has 43 heavy (non-hydrogen) atoms. The molecule has 0 bridgehead atoms. The lowest BCUT2D eigenvalue weighted by Crippen LogP contribution is -2.36. The molecule has 2 aromatic carbocycles. The number of likely N-dealkylation sites (tertiary alicyclic amines) is 1. The number of ether oxygens (including phenoxy) is 2. The molecule has 2 saturated heterocycles. The number of nitrogens with zero attached hydrogens (tertiary/aromatic N) is 3. The lowest BCUT2D eigenvalue weighted by molar-refractivity contribution is -0.113. The zero-order chi connectivity index (χ0) is 30.3. The van der Waals surface area contributed by atoms with E-state index in [1.165, 1.54) is 41.3 Å². The van der Waals surface area contributed by atoms with E-state index < -0.39 is 17.5 Å². The van der Waals surface area contributed by atoms with Crippen LogP contribution in [0.5, 0.6) is 11.5 Å². The molecule has 9 nitrogen and oxygen atoms in total. The molecule has 224 valence electrons. The molecule has 2 aliphatic rings. The molecule has 0 atom stereocenters. The van der Waals surface area contributed by atoms with E-state index in [0.29, 0.717) is 54.1 Å². The lowest BCUT2D eigenvalue weighted by Gasteiger charge is -2.29. The van der Waals surface area contributed by atoms with E-state index in [1.54, 1.807) is 37.5 Å². The molecule has 2 N–H and O–H groups in total. The second-order valence-corrected chi connectivity index (χ2v) is 10.5. The Balaban J connectivity index is 1.24. The zero-order valence-electron chi connectivity index (χ0n) is 24.0. The van der Waals surface area contributed by atoms with Crippen molar-refractivity contribution >= 4 is 29.5 Å². The number of anilines is 3. The third-order valence-corrected chi connectivity index (χ3v) is 7.34. The van der Waals surface area contributed by atoms with Gasteiger partial charge in [-0.05, 0) is 82.4 Å². The summed E-state index contributed by atoms with van der Waals surface area (Å²) in [5.74, 6) is -0.131. The van der Waals surface area contributed by atoms with Crippen LogP contribution in [0.4, 0.5) is 26.0 Å². The van der Waals surface area contributed by atoms with Crippen molar-refractivity contribution in [2.24, 2.45) is 0 Å². The minimum Gasteiger partial charge on any atom is -0.492 e. The molecule has 5 rings (SSSR count). The van der Waals surface area contributed by atoms with Gasteiger partial charge in [-0.2, -0.15) is 0 Å². The number of amides is 2. The highest BCUT2D eigenvalue weighted by atomic mass is 19.1. The maximum absolute atomic E-state index is 15.0. The number of carbonyl (C=O) groups is 2. The van der Waals surface area contributed by atoms with E-state index in [1.807, 2.05) is 0 Å². The van der Waals surface area contributed by atoms with Crippen LogP contribution in [0.25, 0.3) is 0 Å². The standard InChI is InChI=1S/C32H33F2N5O4/c1-21(31-22(12-16-42-31)19-39(20-40)26-6-3-23(33)4-7-26)32(41)37-25-5-8-29(28(34)17-25)43-27-9-13-35-30(18-27)36-24-10-14-38(2)15-11-24/h3-9,13,17-20,24H,10-12,14-16H2,1-2H3,(H,35,36)(H,37,41)/b22-19-,31-21-. The Morgan fingerprint density at radius 3 is 2.60 bits per heavy atom. The third-order valence-electron chi connectivity index (χ3n) is 7.34.